The highest BCUT2D eigenvalue weighted by Crippen LogP contribution is 2.02. The summed E-state index contributed by atoms with van der Waals surface area (Å²) in [5.41, 5.74) is 1.95. The van der Waals surface area contributed by atoms with Crippen LogP contribution in [0.4, 0.5) is 0 Å². The van der Waals surface area contributed by atoms with Crippen LogP contribution in [-0.4, -0.2) is 15.9 Å². The van der Waals surface area contributed by atoms with Crippen molar-refractivity contribution < 1.29 is 4.79 Å². The number of rotatable bonds is 2. The van der Waals surface area contributed by atoms with E-state index < -0.39 is 0 Å². The summed E-state index contributed by atoms with van der Waals surface area (Å²) in [6, 6.07) is 3.84. The second-order valence-corrected chi connectivity index (χ2v) is 4.35. The molecule has 78 valence electrons. The molecule has 0 saturated heterocycles. The van der Waals surface area contributed by atoms with Gasteiger partial charge in [-0.25, -0.2) is 0 Å². The number of nitrogens with zero attached hydrogens (tertiary/aromatic N) is 1. The van der Waals surface area contributed by atoms with Crippen LogP contribution in [0.3, 0.4) is 0 Å². The van der Waals surface area contributed by atoms with Crippen molar-refractivity contribution >= 4 is 16.9 Å². The molecule has 0 spiro atoms. The number of hydrogen-bond donors (Lipinski definition) is 0. The van der Waals surface area contributed by atoms with Gasteiger partial charge >= 0.3 is 0 Å². The van der Waals surface area contributed by atoms with Gasteiger partial charge in [-0.05, 0) is 19.1 Å². The van der Waals surface area contributed by atoms with E-state index in [1.807, 2.05) is 19.1 Å². The molecule has 0 aliphatic heterocycles. The lowest BCUT2D eigenvalue weighted by atomic mass is 10.2. The molecule has 0 bridgehead atoms. The van der Waals surface area contributed by atoms with E-state index in [4.69, 9.17) is 0 Å². The van der Waals surface area contributed by atoms with Crippen molar-refractivity contribution in [3.63, 3.8) is 0 Å². The molecule has 0 unspecified atom stereocenters. The largest absolute Gasteiger partial charge is 0.288 e. The van der Waals surface area contributed by atoms with Crippen LogP contribution in [0.15, 0.2) is 18.3 Å². The number of pyridine rings is 1. The van der Waals surface area contributed by atoms with Crippen molar-refractivity contribution in [3.8, 4) is 11.8 Å². The van der Waals surface area contributed by atoms with Crippen molar-refractivity contribution in [2.45, 2.75) is 20.3 Å². The minimum absolute atomic E-state index is 0.150. The Labute approximate surface area is 94.5 Å². The van der Waals surface area contributed by atoms with Crippen molar-refractivity contribution in [2.24, 2.45) is 0 Å². The molecule has 0 aliphatic rings. The zero-order valence-corrected chi connectivity index (χ0v) is 9.73. The number of hydrogen-bond acceptors (Lipinski definition) is 3. The van der Waals surface area contributed by atoms with Crippen molar-refractivity contribution in [3.05, 3.63) is 29.6 Å². The molecule has 0 saturated carbocycles. The average molecular weight is 219 g/mol. The first kappa shape index (κ1) is 11.8. The molecule has 3 heteroatoms. The number of thioether (sulfide) groups is 1. The van der Waals surface area contributed by atoms with Crippen LogP contribution in [0.25, 0.3) is 0 Å². The third kappa shape index (κ3) is 5.24. The van der Waals surface area contributed by atoms with Gasteiger partial charge in [0.05, 0.1) is 0 Å². The highest BCUT2D eigenvalue weighted by atomic mass is 32.2. The van der Waals surface area contributed by atoms with Crippen molar-refractivity contribution in [2.75, 3.05) is 5.75 Å². The third-order valence-corrected chi connectivity index (χ3v) is 2.48. The Bertz CT molecular complexity index is 404. The zero-order valence-electron chi connectivity index (χ0n) is 8.91. The van der Waals surface area contributed by atoms with Crippen LogP contribution >= 0.6 is 11.8 Å². The summed E-state index contributed by atoms with van der Waals surface area (Å²) in [7, 11) is 0. The topological polar surface area (TPSA) is 30.0 Å². The smallest absolute Gasteiger partial charge is 0.185 e. The van der Waals surface area contributed by atoms with Gasteiger partial charge in [0.15, 0.2) is 5.12 Å². The van der Waals surface area contributed by atoms with Gasteiger partial charge in [-0.3, -0.25) is 9.78 Å². The Kier molecular flexibility index (Phi) is 4.92. The van der Waals surface area contributed by atoms with E-state index in [0.717, 1.165) is 23.4 Å². The third-order valence-electron chi connectivity index (χ3n) is 1.66. The summed E-state index contributed by atoms with van der Waals surface area (Å²) in [6.45, 7) is 3.51. The van der Waals surface area contributed by atoms with Gasteiger partial charge in [-0.15, -0.1) is 0 Å². The molecule has 0 N–H and O–H groups in total. The van der Waals surface area contributed by atoms with Crippen molar-refractivity contribution in [1.82, 2.24) is 4.98 Å². The summed E-state index contributed by atoms with van der Waals surface area (Å²) in [6.07, 6.45) is 2.50. The minimum atomic E-state index is 0.150. The molecule has 0 amide bonds. The highest BCUT2D eigenvalue weighted by molar-refractivity contribution is 8.13. The van der Waals surface area contributed by atoms with Crippen molar-refractivity contribution in [1.29, 1.82) is 0 Å². The molecule has 0 radical (unpaired) electrons. The molecule has 2 nitrogen and oxygen atoms in total. The first-order valence-electron chi connectivity index (χ1n) is 4.73. The highest BCUT2D eigenvalue weighted by Gasteiger charge is 1.91. The quantitative estimate of drug-likeness (QED) is 0.565. The van der Waals surface area contributed by atoms with Crippen LogP contribution in [0, 0.1) is 18.8 Å². The first-order chi connectivity index (χ1) is 7.18. The van der Waals surface area contributed by atoms with E-state index >= 15 is 0 Å². The molecule has 0 fully saturated rings. The number of carbonyl (C=O) groups is 1. The maximum absolute atomic E-state index is 10.6. The van der Waals surface area contributed by atoms with Gasteiger partial charge < -0.3 is 0 Å². The molecule has 1 heterocycles. The van der Waals surface area contributed by atoms with Crippen LogP contribution in [0.2, 0.25) is 0 Å². The molecule has 0 atom stereocenters. The van der Waals surface area contributed by atoms with Gasteiger partial charge in [0, 0.05) is 36.6 Å². The summed E-state index contributed by atoms with van der Waals surface area (Å²) in [5.74, 6) is 6.85. The molecule has 1 rings (SSSR count). The maximum atomic E-state index is 10.6. The maximum Gasteiger partial charge on any atom is 0.185 e. The molecule has 0 aromatic carbocycles. The van der Waals surface area contributed by atoms with Gasteiger partial charge in [0.1, 0.15) is 0 Å². The van der Waals surface area contributed by atoms with Gasteiger partial charge in [-0.1, -0.05) is 23.6 Å². The molecule has 15 heavy (non-hydrogen) atoms. The fraction of sp³-hybridized carbons (Fsp3) is 0.333. The van der Waals surface area contributed by atoms with E-state index in [1.165, 1.54) is 11.8 Å². The fourth-order valence-electron chi connectivity index (χ4n) is 1.03. The Hall–Kier alpha value is -1.27. The monoisotopic (exact) mass is 219 g/mol. The second kappa shape index (κ2) is 6.26. The van der Waals surface area contributed by atoms with E-state index in [-0.39, 0.29) is 5.12 Å². The van der Waals surface area contributed by atoms with E-state index in [1.54, 1.807) is 13.1 Å². The summed E-state index contributed by atoms with van der Waals surface area (Å²) in [5, 5.41) is 0.150. The van der Waals surface area contributed by atoms with E-state index in [9.17, 15) is 4.79 Å². The summed E-state index contributed by atoms with van der Waals surface area (Å²) < 4.78 is 0. The van der Waals surface area contributed by atoms with Crippen LogP contribution in [-0.2, 0) is 4.79 Å². The average Bonchev–Trinajstić information content (AvgIpc) is 2.17. The van der Waals surface area contributed by atoms with Crippen LogP contribution in [0.1, 0.15) is 24.6 Å². The molecule has 1 aromatic rings. The standard InChI is InChI=1S/C12H13NOS/c1-10-9-12(6-7-13-10)5-3-4-8-15-11(2)14/h6-7,9H,4,8H2,1-2H3. The molecule has 0 aliphatic carbocycles. The number of aryl methyl sites for hydroxylation is 1. The summed E-state index contributed by atoms with van der Waals surface area (Å²) in [4.78, 5) is 14.7. The minimum Gasteiger partial charge on any atom is -0.288 e. The van der Waals surface area contributed by atoms with Crippen LogP contribution < -0.4 is 0 Å². The number of carbonyl (C=O) groups excluding carboxylic acids is 1. The molecular weight excluding hydrogens is 206 g/mol. The Morgan fingerprint density at radius 2 is 2.40 bits per heavy atom. The lowest BCUT2D eigenvalue weighted by molar-refractivity contribution is -0.109. The summed E-state index contributed by atoms with van der Waals surface area (Å²) >= 11 is 1.32. The Balaban J connectivity index is 2.41. The Morgan fingerprint density at radius 1 is 1.60 bits per heavy atom. The normalized spacial score (nSPS) is 9.20. The SMILES string of the molecule is CC(=O)SCCC#Cc1ccnc(C)c1. The predicted molar refractivity (Wildman–Crippen MR) is 63.6 cm³/mol. The lowest BCUT2D eigenvalue weighted by Crippen LogP contribution is -1.84. The predicted octanol–water partition coefficient (Wildman–Crippen LogP) is 2.41. The molecular formula is C12H13NOS. The van der Waals surface area contributed by atoms with Crippen LogP contribution in [0.5, 0.6) is 0 Å². The zero-order chi connectivity index (χ0) is 11.1. The van der Waals surface area contributed by atoms with Gasteiger partial charge in [0.2, 0.25) is 0 Å². The lowest BCUT2D eigenvalue weighted by Gasteiger charge is -1.92. The Morgan fingerprint density at radius 3 is 3.07 bits per heavy atom. The first-order valence-corrected chi connectivity index (χ1v) is 5.72. The number of aromatic nitrogens is 1. The second-order valence-electron chi connectivity index (χ2n) is 3.08. The van der Waals surface area contributed by atoms with Gasteiger partial charge in [0.25, 0.3) is 0 Å². The van der Waals surface area contributed by atoms with Gasteiger partial charge in [-0.2, -0.15) is 0 Å². The van der Waals surface area contributed by atoms with E-state index in [0.29, 0.717) is 0 Å². The van der Waals surface area contributed by atoms with E-state index in [2.05, 4.69) is 16.8 Å². The fourth-order valence-corrected chi connectivity index (χ4v) is 1.53. The molecule has 1 aromatic heterocycles.